The first-order valence-corrected chi connectivity index (χ1v) is 7.95. The van der Waals surface area contributed by atoms with Crippen LogP contribution in [-0.2, 0) is 11.8 Å². The van der Waals surface area contributed by atoms with Gasteiger partial charge in [0.05, 0.1) is 34.9 Å². The molecular formula is C17H14ClN5O2. The lowest BCUT2D eigenvalue weighted by Gasteiger charge is -2.10. The number of nitrogens with zero attached hydrogens (tertiary/aromatic N) is 5. The van der Waals surface area contributed by atoms with Crippen molar-refractivity contribution in [2.75, 3.05) is 6.61 Å². The lowest BCUT2D eigenvalue weighted by Crippen LogP contribution is -2.14. The summed E-state index contributed by atoms with van der Waals surface area (Å²) in [6.45, 7) is 1.88. The molecule has 2 aromatic heterocycles. The largest absolute Gasteiger partial charge is 0.461 e. The van der Waals surface area contributed by atoms with Crippen LogP contribution < -0.4 is 0 Å². The Balaban J connectivity index is 2.09. The first kappa shape index (κ1) is 16.9. The third kappa shape index (κ3) is 3.04. The number of imidazole rings is 1. The van der Waals surface area contributed by atoms with E-state index < -0.39 is 11.9 Å². The monoisotopic (exact) mass is 355 g/mol. The molecule has 1 atom stereocenters. The van der Waals surface area contributed by atoms with E-state index in [1.807, 2.05) is 35.9 Å². The molecule has 0 spiro atoms. The molecule has 0 aliphatic heterocycles. The predicted octanol–water partition coefficient (Wildman–Crippen LogP) is 2.85. The van der Waals surface area contributed by atoms with Gasteiger partial charge in [0.1, 0.15) is 5.82 Å². The van der Waals surface area contributed by atoms with Crippen LogP contribution in [0.2, 0.25) is 5.02 Å². The molecular weight excluding hydrogens is 342 g/mol. The number of carbonyl (C=O) groups is 1. The van der Waals surface area contributed by atoms with Crippen LogP contribution in [0.25, 0.3) is 11.0 Å². The van der Waals surface area contributed by atoms with E-state index in [9.17, 15) is 10.1 Å². The molecule has 0 saturated carbocycles. The van der Waals surface area contributed by atoms with Gasteiger partial charge in [0.15, 0.2) is 17.4 Å². The van der Waals surface area contributed by atoms with Crippen molar-refractivity contribution >= 4 is 28.6 Å². The fraction of sp³-hybridized carbons (Fsp3) is 0.235. The van der Waals surface area contributed by atoms with E-state index in [0.29, 0.717) is 5.82 Å². The van der Waals surface area contributed by atoms with E-state index >= 15 is 0 Å². The van der Waals surface area contributed by atoms with Crippen molar-refractivity contribution in [1.82, 2.24) is 19.5 Å². The maximum Gasteiger partial charge on any atom is 0.358 e. The van der Waals surface area contributed by atoms with E-state index in [4.69, 9.17) is 16.3 Å². The van der Waals surface area contributed by atoms with Crippen molar-refractivity contribution in [1.29, 1.82) is 5.26 Å². The van der Waals surface area contributed by atoms with E-state index in [2.05, 4.69) is 21.0 Å². The molecule has 3 rings (SSSR count). The van der Waals surface area contributed by atoms with Crippen LogP contribution in [0.5, 0.6) is 0 Å². The van der Waals surface area contributed by atoms with Gasteiger partial charge in [0, 0.05) is 7.05 Å². The lowest BCUT2D eigenvalue weighted by atomic mass is 10.1. The van der Waals surface area contributed by atoms with Crippen molar-refractivity contribution in [3.8, 4) is 6.07 Å². The Morgan fingerprint density at radius 2 is 2.16 bits per heavy atom. The zero-order valence-corrected chi connectivity index (χ0v) is 14.4. The average molecular weight is 356 g/mol. The molecule has 126 valence electrons. The van der Waals surface area contributed by atoms with Crippen LogP contribution in [0, 0.1) is 11.3 Å². The molecule has 0 unspecified atom stereocenters. The summed E-state index contributed by atoms with van der Waals surface area (Å²) in [5.41, 5.74) is 1.59. The highest BCUT2D eigenvalue weighted by atomic mass is 35.5. The average Bonchev–Trinajstić information content (AvgIpc) is 2.94. The highest BCUT2D eigenvalue weighted by molar-refractivity contribution is 6.33. The SMILES string of the molecule is CCOC(=O)c1nc([C@H](C#N)c2nc3ccccc3n2C)ncc1Cl. The molecule has 0 bridgehead atoms. The molecule has 0 N–H and O–H groups in total. The van der Waals surface area contributed by atoms with E-state index in [1.165, 1.54) is 6.20 Å². The highest BCUT2D eigenvalue weighted by Crippen LogP contribution is 2.25. The zero-order chi connectivity index (χ0) is 18.0. The zero-order valence-electron chi connectivity index (χ0n) is 13.6. The molecule has 3 aromatic rings. The van der Waals surface area contributed by atoms with Crippen LogP contribution in [0.1, 0.15) is 35.0 Å². The van der Waals surface area contributed by atoms with Gasteiger partial charge in [0.2, 0.25) is 0 Å². The summed E-state index contributed by atoms with van der Waals surface area (Å²) in [4.78, 5) is 24.7. The molecule has 2 heterocycles. The van der Waals surface area contributed by atoms with Gasteiger partial charge in [-0.05, 0) is 19.1 Å². The Kier molecular flexibility index (Phi) is 4.63. The van der Waals surface area contributed by atoms with Crippen molar-refractivity contribution < 1.29 is 9.53 Å². The van der Waals surface area contributed by atoms with Crippen molar-refractivity contribution in [3.63, 3.8) is 0 Å². The second-order valence-corrected chi connectivity index (χ2v) is 5.63. The molecule has 0 saturated heterocycles. The minimum atomic E-state index is -0.845. The molecule has 0 fully saturated rings. The number of hydrogen-bond acceptors (Lipinski definition) is 6. The minimum absolute atomic E-state index is 0.0625. The van der Waals surface area contributed by atoms with Gasteiger partial charge in [-0.3, -0.25) is 0 Å². The number of nitriles is 1. The Labute approximate surface area is 148 Å². The summed E-state index contributed by atoms with van der Waals surface area (Å²) in [7, 11) is 1.82. The van der Waals surface area contributed by atoms with Crippen LogP contribution in [0.15, 0.2) is 30.5 Å². The van der Waals surface area contributed by atoms with Gasteiger partial charge in [-0.1, -0.05) is 23.7 Å². The van der Waals surface area contributed by atoms with Gasteiger partial charge in [-0.15, -0.1) is 0 Å². The molecule has 0 aliphatic carbocycles. The minimum Gasteiger partial charge on any atom is -0.461 e. The van der Waals surface area contributed by atoms with Crippen LogP contribution in [-0.4, -0.2) is 32.1 Å². The van der Waals surface area contributed by atoms with Crippen molar-refractivity contribution in [3.05, 3.63) is 52.8 Å². The number of aromatic nitrogens is 4. The van der Waals surface area contributed by atoms with Crippen LogP contribution >= 0.6 is 11.6 Å². The number of benzene rings is 1. The fourth-order valence-electron chi connectivity index (χ4n) is 2.52. The molecule has 7 nitrogen and oxygen atoms in total. The smallest absolute Gasteiger partial charge is 0.358 e. The molecule has 0 amide bonds. The predicted molar refractivity (Wildman–Crippen MR) is 91.2 cm³/mol. The number of hydrogen-bond donors (Lipinski definition) is 0. The highest BCUT2D eigenvalue weighted by Gasteiger charge is 2.25. The first-order chi connectivity index (χ1) is 12.1. The second kappa shape index (κ2) is 6.87. The summed E-state index contributed by atoms with van der Waals surface area (Å²) in [6.07, 6.45) is 1.29. The molecule has 25 heavy (non-hydrogen) atoms. The number of rotatable bonds is 4. The van der Waals surface area contributed by atoms with E-state index in [-0.39, 0.29) is 23.1 Å². The number of esters is 1. The van der Waals surface area contributed by atoms with Crippen molar-refractivity contribution in [2.45, 2.75) is 12.8 Å². The molecule has 0 radical (unpaired) electrons. The topological polar surface area (TPSA) is 93.7 Å². The first-order valence-electron chi connectivity index (χ1n) is 7.57. The van der Waals surface area contributed by atoms with Crippen LogP contribution in [0.3, 0.4) is 0 Å². The molecule has 0 aliphatic rings. The van der Waals surface area contributed by atoms with Crippen LogP contribution in [0.4, 0.5) is 0 Å². The Morgan fingerprint density at radius 1 is 1.40 bits per heavy atom. The van der Waals surface area contributed by atoms with Gasteiger partial charge in [0.25, 0.3) is 0 Å². The quantitative estimate of drug-likeness (QED) is 0.668. The Bertz CT molecular complexity index is 992. The number of carbonyl (C=O) groups excluding carboxylic acids is 1. The fourth-order valence-corrected chi connectivity index (χ4v) is 2.68. The Morgan fingerprint density at radius 3 is 2.84 bits per heavy atom. The lowest BCUT2D eigenvalue weighted by molar-refractivity contribution is 0.0519. The number of ether oxygens (including phenoxy) is 1. The summed E-state index contributed by atoms with van der Waals surface area (Å²) in [6, 6.07) is 9.69. The van der Waals surface area contributed by atoms with Gasteiger partial charge >= 0.3 is 5.97 Å². The second-order valence-electron chi connectivity index (χ2n) is 5.23. The summed E-state index contributed by atoms with van der Waals surface area (Å²) in [5, 5.41) is 9.73. The number of halogens is 1. The Hall–Kier alpha value is -2.98. The number of fused-ring (bicyclic) bond motifs is 1. The normalized spacial score (nSPS) is 11.9. The van der Waals surface area contributed by atoms with Gasteiger partial charge < -0.3 is 9.30 Å². The summed E-state index contributed by atoms with van der Waals surface area (Å²) in [5.74, 6) is -0.866. The van der Waals surface area contributed by atoms with Gasteiger partial charge in [-0.25, -0.2) is 19.7 Å². The maximum atomic E-state index is 12.0. The summed E-state index contributed by atoms with van der Waals surface area (Å²) >= 11 is 5.99. The molecule has 1 aromatic carbocycles. The third-order valence-corrected chi connectivity index (χ3v) is 3.98. The number of aryl methyl sites for hydroxylation is 1. The van der Waals surface area contributed by atoms with E-state index in [1.54, 1.807) is 6.92 Å². The van der Waals surface area contributed by atoms with Gasteiger partial charge in [-0.2, -0.15) is 5.26 Å². The standard InChI is InChI=1S/C17H14ClN5O2/c1-3-25-17(24)14-11(18)9-20-15(22-14)10(8-19)16-21-12-6-4-5-7-13(12)23(16)2/h4-7,9-10H,3H2,1-2H3/t10-/m0/s1. The van der Waals surface area contributed by atoms with E-state index in [0.717, 1.165) is 11.0 Å². The number of para-hydroxylation sites is 2. The maximum absolute atomic E-state index is 12.0. The third-order valence-electron chi connectivity index (χ3n) is 3.70. The molecule has 8 heteroatoms. The summed E-state index contributed by atoms with van der Waals surface area (Å²) < 4.78 is 6.75. The van der Waals surface area contributed by atoms with Crippen molar-refractivity contribution in [2.24, 2.45) is 7.05 Å².